The first-order chi connectivity index (χ1) is 11.5. The molecular formula is C16H14N4O3S. The number of nitrogens with one attached hydrogen (secondary N) is 2. The lowest BCUT2D eigenvalue weighted by molar-refractivity contribution is 0.0936. The van der Waals surface area contributed by atoms with Crippen molar-refractivity contribution < 1.29 is 9.59 Å². The van der Waals surface area contributed by atoms with E-state index < -0.39 is 11.5 Å². The summed E-state index contributed by atoms with van der Waals surface area (Å²) in [6, 6.07) is 4.67. The molecule has 1 atom stereocenters. The molecule has 4 N–H and O–H groups in total. The first-order valence-corrected chi connectivity index (χ1v) is 8.23. The molecule has 1 aliphatic rings. The lowest BCUT2D eigenvalue weighted by Crippen LogP contribution is -2.33. The van der Waals surface area contributed by atoms with Gasteiger partial charge in [-0.3, -0.25) is 14.4 Å². The van der Waals surface area contributed by atoms with E-state index in [1.807, 2.05) is 6.07 Å². The van der Waals surface area contributed by atoms with Gasteiger partial charge in [0.15, 0.2) is 0 Å². The number of aryl methyl sites for hydroxylation is 1. The minimum Gasteiger partial charge on any atom is -0.365 e. The third kappa shape index (κ3) is 2.94. The zero-order chi connectivity index (χ0) is 17.3. The summed E-state index contributed by atoms with van der Waals surface area (Å²) in [5.74, 6) is -1.09. The Kier molecular flexibility index (Phi) is 4.18. The fourth-order valence-electron chi connectivity index (χ4n) is 2.82. The summed E-state index contributed by atoms with van der Waals surface area (Å²) in [5, 5.41) is 13.4. The standard InChI is InChI=1S/C16H14N4O3S/c17-6-8-4-13(24-7-8)16(23)20-12-3-1-2-11-9(12)5-10(14(18)21)15(22)19-11/h4-5,7,12H,1-3H2,(H2,18,21)(H,19,22)(H,20,23)/t12-/m1/s1. The van der Waals surface area contributed by atoms with Crippen molar-refractivity contribution in [2.75, 3.05) is 0 Å². The van der Waals surface area contributed by atoms with E-state index in [0.717, 1.165) is 6.42 Å². The topological polar surface area (TPSA) is 129 Å². The number of nitrogens with zero attached hydrogens (tertiary/aromatic N) is 1. The number of aromatic nitrogens is 1. The van der Waals surface area contributed by atoms with Gasteiger partial charge in [0, 0.05) is 11.1 Å². The van der Waals surface area contributed by atoms with Crippen molar-refractivity contribution >= 4 is 23.2 Å². The molecule has 7 nitrogen and oxygen atoms in total. The van der Waals surface area contributed by atoms with Gasteiger partial charge in [-0.05, 0) is 37.0 Å². The SMILES string of the molecule is N#Cc1csc(C(=O)N[C@@H]2CCCc3[nH]c(=O)c(C(N)=O)cc32)c1. The Bertz CT molecular complexity index is 922. The van der Waals surface area contributed by atoms with Crippen molar-refractivity contribution in [3.05, 3.63) is 55.1 Å². The molecule has 2 heterocycles. The zero-order valence-corrected chi connectivity index (χ0v) is 13.4. The van der Waals surface area contributed by atoms with Crippen LogP contribution in [0.2, 0.25) is 0 Å². The number of amides is 2. The van der Waals surface area contributed by atoms with Crippen LogP contribution in [-0.4, -0.2) is 16.8 Å². The van der Waals surface area contributed by atoms with E-state index in [4.69, 9.17) is 11.0 Å². The minimum atomic E-state index is -0.799. The molecule has 0 bridgehead atoms. The van der Waals surface area contributed by atoms with Crippen molar-refractivity contribution in [2.45, 2.75) is 25.3 Å². The van der Waals surface area contributed by atoms with Crippen LogP contribution in [-0.2, 0) is 6.42 Å². The predicted octanol–water partition coefficient (Wildman–Crippen LogP) is 1.21. The van der Waals surface area contributed by atoms with Crippen LogP contribution in [0.4, 0.5) is 0 Å². The van der Waals surface area contributed by atoms with Crippen LogP contribution in [0.15, 0.2) is 22.3 Å². The molecule has 0 unspecified atom stereocenters. The number of hydrogen-bond acceptors (Lipinski definition) is 5. The molecular weight excluding hydrogens is 328 g/mol. The maximum absolute atomic E-state index is 12.4. The molecule has 2 aromatic heterocycles. The average molecular weight is 342 g/mol. The highest BCUT2D eigenvalue weighted by molar-refractivity contribution is 7.12. The van der Waals surface area contributed by atoms with Gasteiger partial charge in [-0.25, -0.2) is 0 Å². The highest BCUT2D eigenvalue weighted by Gasteiger charge is 2.25. The number of aromatic amines is 1. The number of nitrogens with two attached hydrogens (primary N) is 1. The van der Waals surface area contributed by atoms with Crippen LogP contribution >= 0.6 is 11.3 Å². The number of pyridine rings is 1. The second kappa shape index (κ2) is 6.29. The fraction of sp³-hybridized carbons (Fsp3) is 0.250. The van der Waals surface area contributed by atoms with Gasteiger partial charge >= 0.3 is 0 Å². The smallest absolute Gasteiger partial charge is 0.261 e. The van der Waals surface area contributed by atoms with Crippen LogP contribution in [0.25, 0.3) is 0 Å². The van der Waals surface area contributed by atoms with Crippen molar-refractivity contribution in [1.29, 1.82) is 5.26 Å². The maximum atomic E-state index is 12.4. The molecule has 8 heteroatoms. The van der Waals surface area contributed by atoms with Crippen LogP contribution in [0.3, 0.4) is 0 Å². The van der Waals surface area contributed by atoms with Gasteiger partial charge in [0.25, 0.3) is 17.4 Å². The zero-order valence-electron chi connectivity index (χ0n) is 12.6. The van der Waals surface area contributed by atoms with Gasteiger partial charge in [-0.1, -0.05) is 0 Å². The summed E-state index contributed by atoms with van der Waals surface area (Å²) in [6.07, 6.45) is 2.17. The van der Waals surface area contributed by atoms with Crippen molar-refractivity contribution in [3.63, 3.8) is 0 Å². The summed E-state index contributed by atoms with van der Waals surface area (Å²) in [7, 11) is 0. The number of carbonyl (C=O) groups excluding carboxylic acids is 2. The first-order valence-electron chi connectivity index (χ1n) is 7.35. The Morgan fingerprint density at radius 3 is 2.88 bits per heavy atom. The Hall–Kier alpha value is -2.92. The lowest BCUT2D eigenvalue weighted by atomic mass is 9.90. The van der Waals surface area contributed by atoms with Gasteiger partial charge < -0.3 is 16.0 Å². The molecule has 2 aromatic rings. The molecule has 0 fully saturated rings. The molecule has 0 saturated carbocycles. The van der Waals surface area contributed by atoms with Crippen molar-refractivity contribution in [2.24, 2.45) is 5.73 Å². The van der Waals surface area contributed by atoms with Crippen LogP contribution in [0, 0.1) is 11.3 Å². The molecule has 0 aliphatic heterocycles. The van der Waals surface area contributed by atoms with Crippen LogP contribution in [0.5, 0.6) is 0 Å². The number of primary amides is 1. The number of hydrogen-bond donors (Lipinski definition) is 3. The number of carbonyl (C=O) groups is 2. The predicted molar refractivity (Wildman–Crippen MR) is 87.8 cm³/mol. The minimum absolute atomic E-state index is 0.113. The Balaban J connectivity index is 1.90. The van der Waals surface area contributed by atoms with E-state index in [2.05, 4.69) is 10.3 Å². The van der Waals surface area contributed by atoms with E-state index in [-0.39, 0.29) is 17.5 Å². The number of rotatable bonds is 3. The molecule has 24 heavy (non-hydrogen) atoms. The van der Waals surface area contributed by atoms with Crippen LogP contribution < -0.4 is 16.6 Å². The quantitative estimate of drug-likeness (QED) is 0.774. The van der Waals surface area contributed by atoms with Crippen molar-refractivity contribution in [3.8, 4) is 6.07 Å². The van der Waals surface area contributed by atoms with Crippen LogP contribution in [0.1, 0.15) is 55.7 Å². The molecule has 122 valence electrons. The number of H-pyrrole nitrogens is 1. The van der Waals surface area contributed by atoms with Gasteiger partial charge in [-0.2, -0.15) is 5.26 Å². The molecule has 0 spiro atoms. The van der Waals surface area contributed by atoms with Gasteiger partial charge in [-0.15, -0.1) is 11.3 Å². The molecule has 1 aliphatic carbocycles. The van der Waals surface area contributed by atoms with Gasteiger partial charge in [0.1, 0.15) is 11.6 Å². The largest absolute Gasteiger partial charge is 0.365 e. The second-order valence-corrected chi connectivity index (χ2v) is 6.45. The lowest BCUT2D eigenvalue weighted by Gasteiger charge is -2.26. The third-order valence-electron chi connectivity index (χ3n) is 3.98. The van der Waals surface area contributed by atoms with Gasteiger partial charge in [0.05, 0.1) is 16.5 Å². The molecule has 2 amide bonds. The fourth-order valence-corrected chi connectivity index (χ4v) is 3.55. The third-order valence-corrected chi connectivity index (χ3v) is 4.90. The Morgan fingerprint density at radius 1 is 1.42 bits per heavy atom. The highest BCUT2D eigenvalue weighted by atomic mass is 32.1. The van der Waals surface area contributed by atoms with E-state index in [1.54, 1.807) is 5.38 Å². The number of nitriles is 1. The molecule has 0 aromatic carbocycles. The summed E-state index contributed by atoms with van der Waals surface area (Å²) in [4.78, 5) is 38.7. The second-order valence-electron chi connectivity index (χ2n) is 5.54. The normalized spacial score (nSPS) is 16.0. The molecule has 3 rings (SSSR count). The maximum Gasteiger partial charge on any atom is 0.261 e. The molecule has 0 radical (unpaired) electrons. The van der Waals surface area contributed by atoms with Crippen molar-refractivity contribution in [1.82, 2.24) is 10.3 Å². The number of thiophene rings is 1. The van der Waals surface area contributed by atoms with Gasteiger partial charge in [0.2, 0.25) is 0 Å². The Labute approximate surface area is 141 Å². The summed E-state index contributed by atoms with van der Waals surface area (Å²) in [5.41, 5.74) is 6.47. The summed E-state index contributed by atoms with van der Waals surface area (Å²) in [6.45, 7) is 0. The summed E-state index contributed by atoms with van der Waals surface area (Å²) >= 11 is 1.20. The highest BCUT2D eigenvalue weighted by Crippen LogP contribution is 2.29. The van der Waals surface area contributed by atoms with E-state index >= 15 is 0 Å². The monoisotopic (exact) mass is 342 g/mol. The Morgan fingerprint density at radius 2 is 2.21 bits per heavy atom. The number of fused-ring (bicyclic) bond motifs is 1. The summed E-state index contributed by atoms with van der Waals surface area (Å²) < 4.78 is 0. The van der Waals surface area contributed by atoms with E-state index in [1.165, 1.54) is 23.5 Å². The van der Waals surface area contributed by atoms with E-state index in [9.17, 15) is 14.4 Å². The van der Waals surface area contributed by atoms with E-state index in [0.29, 0.717) is 34.5 Å². The first kappa shape index (κ1) is 16.0. The average Bonchev–Trinajstić information content (AvgIpc) is 3.03. The molecule has 0 saturated heterocycles.